The van der Waals surface area contributed by atoms with Crippen LogP contribution < -0.4 is 14.9 Å². The number of hydrogen-bond donors (Lipinski definition) is 3. The number of likely N-dealkylation sites (N-methyl/N-ethyl adjacent to an activating group) is 1. The Bertz CT molecular complexity index is 1300. The Morgan fingerprint density at radius 3 is 2.49 bits per heavy atom. The number of hydroxylamine groups is 1. The molecule has 1 atom stereocenters. The molecule has 3 N–H and O–H groups in total. The number of benzene rings is 1. The number of carbonyl (C=O) groups excluding carboxylic acids is 2. The van der Waals surface area contributed by atoms with Gasteiger partial charge in [-0.05, 0) is 48.4 Å². The Hall–Kier alpha value is -3.41. The van der Waals surface area contributed by atoms with Gasteiger partial charge < -0.3 is 14.5 Å². The first-order valence-electron chi connectivity index (χ1n) is 12.0. The minimum Gasteiger partial charge on any atom is -0.489 e. The number of likely N-dealkylation sites (tertiary alicyclic amines) is 1. The standard InChI is InChI=1S/C26H32N4O6S/c1-17(2)24(31)30-15-26(16-30,25(32)27-33)28-37(34,35)21-11-9-20(10-12-21)36-14-19-13-18(3)29(4)23-8-6-5-7-22(19)23/h5-13,17,23,28,33H,14-16H2,1-4H3,(H,27,32). The number of carbonyl (C=O) groups is 2. The van der Waals surface area contributed by atoms with Gasteiger partial charge in [-0.25, -0.2) is 13.9 Å². The third-order valence-corrected chi connectivity index (χ3v) is 8.40. The Morgan fingerprint density at radius 2 is 1.86 bits per heavy atom. The van der Waals surface area contributed by atoms with E-state index in [1.54, 1.807) is 26.0 Å². The van der Waals surface area contributed by atoms with Gasteiger partial charge in [0.15, 0.2) is 0 Å². The third kappa shape index (κ3) is 5.20. The smallest absolute Gasteiger partial charge is 0.268 e. The monoisotopic (exact) mass is 528 g/mol. The first-order valence-corrected chi connectivity index (χ1v) is 13.4. The van der Waals surface area contributed by atoms with Gasteiger partial charge in [-0.2, -0.15) is 4.72 Å². The predicted molar refractivity (Wildman–Crippen MR) is 137 cm³/mol. The van der Waals surface area contributed by atoms with Crippen molar-refractivity contribution in [2.24, 2.45) is 5.92 Å². The van der Waals surface area contributed by atoms with Crippen molar-refractivity contribution in [1.29, 1.82) is 0 Å². The maximum absolute atomic E-state index is 13.1. The van der Waals surface area contributed by atoms with Crippen molar-refractivity contribution in [1.82, 2.24) is 20.0 Å². The van der Waals surface area contributed by atoms with Crippen LogP contribution in [-0.4, -0.2) is 73.6 Å². The highest BCUT2D eigenvalue weighted by Crippen LogP contribution is 2.30. The number of ether oxygens (including phenoxy) is 1. The second kappa shape index (κ2) is 10.2. The fraction of sp³-hybridized carbons (Fsp3) is 0.385. The first-order chi connectivity index (χ1) is 17.5. The van der Waals surface area contributed by atoms with E-state index < -0.39 is 21.5 Å². The molecule has 0 radical (unpaired) electrons. The average Bonchev–Trinajstić information content (AvgIpc) is 2.86. The van der Waals surface area contributed by atoms with Crippen LogP contribution in [0.4, 0.5) is 0 Å². The number of nitrogens with zero attached hydrogens (tertiary/aromatic N) is 2. The molecule has 3 aliphatic rings. The lowest BCUT2D eigenvalue weighted by Gasteiger charge is -2.48. The molecule has 198 valence electrons. The highest BCUT2D eigenvalue weighted by molar-refractivity contribution is 7.89. The maximum atomic E-state index is 13.1. The van der Waals surface area contributed by atoms with Crippen LogP contribution in [0.2, 0.25) is 0 Å². The molecule has 0 spiro atoms. The molecule has 4 rings (SSSR count). The topological polar surface area (TPSA) is 128 Å². The van der Waals surface area contributed by atoms with Crippen LogP contribution in [0.5, 0.6) is 5.75 Å². The summed E-state index contributed by atoms with van der Waals surface area (Å²) in [5.74, 6) is -0.950. The van der Waals surface area contributed by atoms with Gasteiger partial charge in [0.05, 0.1) is 24.0 Å². The number of fused-ring (bicyclic) bond motifs is 1. The van der Waals surface area contributed by atoms with Crippen molar-refractivity contribution in [3.8, 4) is 5.75 Å². The van der Waals surface area contributed by atoms with E-state index in [1.165, 1.54) is 22.5 Å². The number of sulfonamides is 1. The zero-order chi connectivity index (χ0) is 27.0. The summed E-state index contributed by atoms with van der Waals surface area (Å²) >= 11 is 0. The number of allylic oxidation sites excluding steroid dienone is 3. The van der Waals surface area contributed by atoms with Crippen molar-refractivity contribution >= 4 is 21.8 Å². The molecule has 1 saturated heterocycles. The first kappa shape index (κ1) is 26.6. The molecule has 1 aliphatic carbocycles. The van der Waals surface area contributed by atoms with E-state index in [9.17, 15) is 23.2 Å². The second-order valence-electron chi connectivity index (χ2n) is 9.80. The molecule has 2 aliphatic heterocycles. The van der Waals surface area contributed by atoms with Crippen LogP contribution in [0.1, 0.15) is 20.8 Å². The fourth-order valence-electron chi connectivity index (χ4n) is 4.63. The van der Waals surface area contributed by atoms with Crippen molar-refractivity contribution in [3.63, 3.8) is 0 Å². The van der Waals surface area contributed by atoms with Gasteiger partial charge in [0.25, 0.3) is 5.91 Å². The van der Waals surface area contributed by atoms with Crippen molar-refractivity contribution in [3.05, 3.63) is 71.5 Å². The molecule has 0 bridgehead atoms. The average molecular weight is 529 g/mol. The Balaban J connectivity index is 1.45. The molecule has 1 unspecified atom stereocenters. The summed E-state index contributed by atoms with van der Waals surface area (Å²) < 4.78 is 34.5. The molecular weight excluding hydrogens is 496 g/mol. The highest BCUT2D eigenvalue weighted by atomic mass is 32.2. The van der Waals surface area contributed by atoms with Crippen LogP contribution in [0, 0.1) is 5.92 Å². The van der Waals surface area contributed by atoms with Crippen molar-refractivity contribution < 1.29 is 28.0 Å². The van der Waals surface area contributed by atoms with Crippen LogP contribution in [0.3, 0.4) is 0 Å². The van der Waals surface area contributed by atoms with Gasteiger partial charge in [-0.3, -0.25) is 14.8 Å². The minimum atomic E-state index is -4.14. The quantitative estimate of drug-likeness (QED) is 0.346. The van der Waals surface area contributed by atoms with E-state index in [2.05, 4.69) is 27.9 Å². The van der Waals surface area contributed by atoms with Crippen LogP contribution in [-0.2, 0) is 19.6 Å². The summed E-state index contributed by atoms with van der Waals surface area (Å²) in [4.78, 5) is 28.0. The van der Waals surface area contributed by atoms with E-state index in [1.807, 2.05) is 26.1 Å². The number of nitrogens with one attached hydrogen (secondary N) is 2. The zero-order valence-electron chi connectivity index (χ0n) is 21.3. The second-order valence-corrected chi connectivity index (χ2v) is 11.5. The van der Waals surface area contributed by atoms with Gasteiger partial charge >= 0.3 is 0 Å². The van der Waals surface area contributed by atoms with E-state index in [0.29, 0.717) is 12.4 Å². The lowest BCUT2D eigenvalue weighted by atomic mass is 9.89. The molecule has 37 heavy (non-hydrogen) atoms. The predicted octanol–water partition coefficient (Wildman–Crippen LogP) is 1.73. The van der Waals surface area contributed by atoms with Gasteiger partial charge in [0, 0.05) is 18.7 Å². The third-order valence-electron chi connectivity index (χ3n) is 6.85. The normalized spacial score (nSPS) is 20.4. The zero-order valence-corrected chi connectivity index (χ0v) is 22.1. The maximum Gasteiger partial charge on any atom is 0.268 e. The largest absolute Gasteiger partial charge is 0.489 e. The Kier molecular flexibility index (Phi) is 7.31. The summed E-state index contributed by atoms with van der Waals surface area (Å²) in [5.41, 5.74) is 3.16. The molecule has 2 amide bonds. The lowest BCUT2D eigenvalue weighted by molar-refractivity contribution is -0.152. The summed E-state index contributed by atoms with van der Waals surface area (Å²) in [5, 5.41) is 9.17. The van der Waals surface area contributed by atoms with Gasteiger partial charge in [-0.1, -0.05) is 38.2 Å². The molecule has 1 aromatic rings. The molecule has 2 heterocycles. The summed E-state index contributed by atoms with van der Waals surface area (Å²) in [6.07, 6.45) is 10.3. The SMILES string of the molecule is CC1=CC(COc2ccc(S(=O)(=O)NC3(C(=O)NO)CN(C(=O)C(C)C)C3)cc2)=C2C=CC=CC2N1C. The fourth-order valence-corrected chi connectivity index (χ4v) is 5.98. The number of amides is 2. The van der Waals surface area contributed by atoms with Gasteiger partial charge in [0.2, 0.25) is 15.9 Å². The molecule has 10 nitrogen and oxygen atoms in total. The minimum absolute atomic E-state index is 0.0731. The molecule has 11 heteroatoms. The van der Waals surface area contributed by atoms with E-state index in [0.717, 1.165) is 16.8 Å². The highest BCUT2D eigenvalue weighted by Gasteiger charge is 2.53. The Morgan fingerprint density at radius 1 is 1.19 bits per heavy atom. The van der Waals surface area contributed by atoms with Gasteiger partial charge in [-0.15, -0.1) is 0 Å². The summed E-state index contributed by atoms with van der Waals surface area (Å²) in [6, 6.07) is 6.02. The van der Waals surface area contributed by atoms with Crippen LogP contribution >= 0.6 is 0 Å². The molecule has 1 aromatic carbocycles. The number of hydrogen-bond acceptors (Lipinski definition) is 7. The van der Waals surface area contributed by atoms with Crippen LogP contribution in [0.15, 0.2) is 76.4 Å². The summed E-state index contributed by atoms with van der Waals surface area (Å²) in [7, 11) is -2.10. The summed E-state index contributed by atoms with van der Waals surface area (Å²) in [6.45, 7) is 5.43. The van der Waals surface area contributed by atoms with E-state index in [4.69, 9.17) is 4.74 Å². The Labute approximate surface area is 217 Å². The number of rotatable bonds is 8. The molecule has 0 aromatic heterocycles. The van der Waals surface area contributed by atoms with Crippen molar-refractivity contribution in [2.45, 2.75) is 37.2 Å². The molecule has 0 saturated carbocycles. The van der Waals surface area contributed by atoms with E-state index >= 15 is 0 Å². The van der Waals surface area contributed by atoms with Crippen LogP contribution in [0.25, 0.3) is 0 Å². The van der Waals surface area contributed by atoms with Gasteiger partial charge in [0.1, 0.15) is 17.9 Å². The molecule has 1 fully saturated rings. The van der Waals surface area contributed by atoms with E-state index in [-0.39, 0.29) is 35.9 Å². The lowest BCUT2D eigenvalue weighted by Crippen LogP contribution is -2.77. The molecular formula is C26H32N4O6S. The van der Waals surface area contributed by atoms with Crippen molar-refractivity contribution in [2.75, 3.05) is 26.7 Å².